The second kappa shape index (κ2) is 9.54. The van der Waals surface area contributed by atoms with Gasteiger partial charge in [0.05, 0.1) is 18.0 Å². The molecule has 0 radical (unpaired) electrons. The maximum absolute atomic E-state index is 13.2. The number of ether oxygens (including phenoxy) is 2. The molecule has 0 spiro atoms. The molecule has 3 aromatic rings. The number of hydrogen-bond acceptors (Lipinski definition) is 5. The summed E-state index contributed by atoms with van der Waals surface area (Å²) < 4.78 is 37.3. The summed E-state index contributed by atoms with van der Waals surface area (Å²) in [6, 6.07) is 21.8. The third-order valence-corrected chi connectivity index (χ3v) is 6.58. The lowest BCUT2D eigenvalue weighted by atomic mass is 9.95. The van der Waals surface area contributed by atoms with Crippen molar-refractivity contribution in [2.24, 2.45) is 0 Å². The van der Waals surface area contributed by atoms with E-state index >= 15 is 0 Å². The Morgan fingerprint density at radius 1 is 0.970 bits per heavy atom. The summed E-state index contributed by atoms with van der Waals surface area (Å²) >= 11 is 0. The summed E-state index contributed by atoms with van der Waals surface area (Å²) in [5, 5.41) is 3.02. The van der Waals surface area contributed by atoms with E-state index in [-0.39, 0.29) is 6.54 Å². The molecule has 1 aliphatic rings. The van der Waals surface area contributed by atoms with E-state index in [4.69, 9.17) is 9.47 Å². The number of fused-ring (bicyclic) bond motifs is 1. The quantitative estimate of drug-likeness (QED) is 0.577. The average molecular weight is 467 g/mol. The molecule has 4 rings (SSSR count). The molecule has 1 N–H and O–H groups in total. The lowest BCUT2D eigenvalue weighted by Crippen LogP contribution is -2.42. The largest absolute Gasteiger partial charge is 0.486 e. The average Bonchev–Trinajstić information content (AvgIpc) is 2.81. The SMILES string of the molecule is Cc1ccccc1[C@H](NC(=O)CN(c1ccc2c(c1)OCCO2)S(C)(=O)=O)c1ccccc1. The number of carbonyl (C=O) groups excluding carboxylic acids is 1. The van der Waals surface area contributed by atoms with Gasteiger partial charge in [-0.25, -0.2) is 8.42 Å². The van der Waals surface area contributed by atoms with Gasteiger partial charge in [-0.2, -0.15) is 0 Å². The van der Waals surface area contributed by atoms with E-state index in [9.17, 15) is 13.2 Å². The highest BCUT2D eigenvalue weighted by Crippen LogP contribution is 2.34. The number of carbonyl (C=O) groups is 1. The standard InChI is InChI=1S/C25H26N2O5S/c1-18-8-6-7-11-21(18)25(19-9-4-3-5-10-19)26-24(28)17-27(33(2,29)30)20-12-13-22-23(16-20)32-15-14-31-22/h3-13,16,25H,14-15,17H2,1-2H3,(H,26,28)/t25-/m1/s1. The first-order valence-electron chi connectivity index (χ1n) is 10.6. The van der Waals surface area contributed by atoms with Gasteiger partial charge in [-0.3, -0.25) is 9.10 Å². The third-order valence-electron chi connectivity index (χ3n) is 5.44. The number of rotatable bonds is 7. The number of aryl methyl sites for hydroxylation is 1. The van der Waals surface area contributed by atoms with Gasteiger partial charge < -0.3 is 14.8 Å². The molecule has 33 heavy (non-hydrogen) atoms. The van der Waals surface area contributed by atoms with E-state index in [1.165, 1.54) is 0 Å². The van der Waals surface area contributed by atoms with Crippen LogP contribution in [-0.2, 0) is 14.8 Å². The van der Waals surface area contributed by atoms with Gasteiger partial charge in [0, 0.05) is 6.07 Å². The van der Waals surface area contributed by atoms with Gasteiger partial charge in [0.1, 0.15) is 19.8 Å². The molecular weight excluding hydrogens is 440 g/mol. The highest BCUT2D eigenvalue weighted by atomic mass is 32.2. The maximum atomic E-state index is 13.2. The summed E-state index contributed by atoms with van der Waals surface area (Å²) in [6.07, 6.45) is 1.08. The van der Waals surface area contributed by atoms with Crippen LogP contribution >= 0.6 is 0 Å². The first-order valence-corrected chi connectivity index (χ1v) is 12.4. The first-order chi connectivity index (χ1) is 15.8. The Morgan fingerprint density at radius 2 is 1.64 bits per heavy atom. The van der Waals surface area contributed by atoms with E-state index in [2.05, 4.69) is 5.32 Å². The van der Waals surface area contributed by atoms with Gasteiger partial charge in [0.15, 0.2) is 11.5 Å². The van der Waals surface area contributed by atoms with Gasteiger partial charge in [-0.15, -0.1) is 0 Å². The van der Waals surface area contributed by atoms with Crippen LogP contribution < -0.4 is 19.1 Å². The molecular formula is C25H26N2O5S. The number of nitrogens with one attached hydrogen (secondary N) is 1. The zero-order chi connectivity index (χ0) is 23.4. The predicted octanol–water partition coefficient (Wildman–Crippen LogP) is 3.44. The Morgan fingerprint density at radius 3 is 2.33 bits per heavy atom. The minimum Gasteiger partial charge on any atom is -0.486 e. The monoisotopic (exact) mass is 466 g/mol. The van der Waals surface area contributed by atoms with Crippen molar-refractivity contribution in [2.45, 2.75) is 13.0 Å². The van der Waals surface area contributed by atoms with E-state index in [1.807, 2.05) is 61.5 Å². The highest BCUT2D eigenvalue weighted by molar-refractivity contribution is 7.92. The van der Waals surface area contributed by atoms with Gasteiger partial charge >= 0.3 is 0 Å². The summed E-state index contributed by atoms with van der Waals surface area (Å²) in [4.78, 5) is 13.2. The van der Waals surface area contributed by atoms with Gasteiger partial charge in [0.2, 0.25) is 15.9 Å². The summed E-state index contributed by atoms with van der Waals surface area (Å²) in [7, 11) is -3.74. The highest BCUT2D eigenvalue weighted by Gasteiger charge is 2.25. The second-order valence-corrected chi connectivity index (χ2v) is 9.77. The second-order valence-electron chi connectivity index (χ2n) is 7.87. The van der Waals surface area contributed by atoms with Gasteiger partial charge in [0.25, 0.3) is 0 Å². The van der Waals surface area contributed by atoms with Crippen LogP contribution in [0.1, 0.15) is 22.7 Å². The Bertz CT molecular complexity index is 1240. The molecule has 7 nitrogen and oxygen atoms in total. The number of anilines is 1. The van der Waals surface area contributed by atoms with Crippen LogP contribution in [0.4, 0.5) is 5.69 Å². The third kappa shape index (κ3) is 5.28. The van der Waals surface area contributed by atoms with Crippen LogP contribution in [0, 0.1) is 6.92 Å². The van der Waals surface area contributed by atoms with Crippen LogP contribution in [-0.4, -0.2) is 40.3 Å². The normalized spacial score (nSPS) is 13.8. The molecule has 0 saturated heterocycles. The fourth-order valence-electron chi connectivity index (χ4n) is 3.82. The zero-order valence-corrected chi connectivity index (χ0v) is 19.3. The fraction of sp³-hybridized carbons (Fsp3) is 0.240. The molecule has 0 unspecified atom stereocenters. The van der Waals surface area contributed by atoms with Crippen molar-refractivity contribution in [1.29, 1.82) is 0 Å². The summed E-state index contributed by atoms with van der Waals surface area (Å²) in [6.45, 7) is 2.43. The minimum atomic E-state index is -3.74. The van der Waals surface area contributed by atoms with Crippen molar-refractivity contribution in [3.63, 3.8) is 0 Å². The molecule has 8 heteroatoms. The van der Waals surface area contributed by atoms with Crippen LogP contribution in [0.25, 0.3) is 0 Å². The van der Waals surface area contributed by atoms with Crippen LogP contribution in [0.5, 0.6) is 11.5 Å². The molecule has 0 saturated carbocycles. The predicted molar refractivity (Wildman–Crippen MR) is 127 cm³/mol. The minimum absolute atomic E-state index is 0.337. The van der Waals surface area contributed by atoms with Gasteiger partial charge in [-0.1, -0.05) is 54.6 Å². The lowest BCUT2D eigenvalue weighted by molar-refractivity contribution is -0.120. The number of benzene rings is 3. The van der Waals surface area contributed by atoms with Crippen molar-refractivity contribution in [2.75, 3.05) is 30.3 Å². The number of sulfonamides is 1. The fourth-order valence-corrected chi connectivity index (χ4v) is 4.67. The maximum Gasteiger partial charge on any atom is 0.241 e. The molecule has 0 aromatic heterocycles. The van der Waals surface area contributed by atoms with E-state index in [0.717, 1.165) is 27.3 Å². The molecule has 0 aliphatic carbocycles. The molecule has 1 atom stereocenters. The topological polar surface area (TPSA) is 84.9 Å². The molecule has 1 aliphatic heterocycles. The van der Waals surface area contributed by atoms with Gasteiger partial charge in [-0.05, 0) is 35.7 Å². The van der Waals surface area contributed by atoms with Crippen LogP contribution in [0.15, 0.2) is 72.8 Å². The van der Waals surface area contributed by atoms with Crippen molar-refractivity contribution in [3.05, 3.63) is 89.5 Å². The Hall–Kier alpha value is -3.52. The molecule has 1 heterocycles. The molecule has 3 aromatic carbocycles. The van der Waals surface area contributed by atoms with E-state index in [1.54, 1.807) is 18.2 Å². The first kappa shape index (κ1) is 22.7. The lowest BCUT2D eigenvalue weighted by Gasteiger charge is -2.26. The zero-order valence-electron chi connectivity index (χ0n) is 18.5. The smallest absolute Gasteiger partial charge is 0.241 e. The molecule has 0 bridgehead atoms. The summed E-state index contributed by atoms with van der Waals surface area (Å²) in [5.74, 6) is 0.578. The van der Waals surface area contributed by atoms with E-state index in [0.29, 0.717) is 30.4 Å². The molecule has 0 fully saturated rings. The van der Waals surface area contributed by atoms with Crippen LogP contribution in [0.2, 0.25) is 0 Å². The Labute approximate surface area is 194 Å². The Balaban J connectivity index is 1.62. The number of hydrogen-bond donors (Lipinski definition) is 1. The van der Waals surface area contributed by atoms with Crippen molar-refractivity contribution >= 4 is 21.6 Å². The summed E-state index contributed by atoms with van der Waals surface area (Å²) in [5.41, 5.74) is 3.22. The number of nitrogens with zero attached hydrogens (tertiary/aromatic N) is 1. The van der Waals surface area contributed by atoms with Crippen LogP contribution in [0.3, 0.4) is 0 Å². The molecule has 1 amide bonds. The Kier molecular flexibility index (Phi) is 6.55. The van der Waals surface area contributed by atoms with Crippen molar-refractivity contribution < 1.29 is 22.7 Å². The number of amides is 1. The van der Waals surface area contributed by atoms with Crippen molar-refractivity contribution in [1.82, 2.24) is 5.32 Å². The molecule has 172 valence electrons. The van der Waals surface area contributed by atoms with E-state index < -0.39 is 22.0 Å². The van der Waals surface area contributed by atoms with Crippen molar-refractivity contribution in [3.8, 4) is 11.5 Å².